The lowest BCUT2D eigenvalue weighted by Gasteiger charge is -2.03. The van der Waals surface area contributed by atoms with Crippen molar-refractivity contribution < 1.29 is 14.3 Å². The first-order valence-electron chi connectivity index (χ1n) is 5.23. The van der Waals surface area contributed by atoms with Gasteiger partial charge < -0.3 is 9.47 Å². The van der Waals surface area contributed by atoms with Crippen LogP contribution in [0.5, 0.6) is 0 Å². The highest BCUT2D eigenvalue weighted by atomic mass is 16.5. The summed E-state index contributed by atoms with van der Waals surface area (Å²) in [6.45, 7) is 2.35. The highest BCUT2D eigenvalue weighted by molar-refractivity contribution is 5.96. The van der Waals surface area contributed by atoms with Crippen LogP contribution in [0.1, 0.15) is 21.7 Å². The maximum Gasteiger partial charge on any atom is 0.340 e. The molecule has 0 saturated heterocycles. The number of methoxy groups -OCH3 is 2. The summed E-state index contributed by atoms with van der Waals surface area (Å²) in [6, 6.07) is 5.42. The lowest BCUT2D eigenvalue weighted by atomic mass is 10.2. The standard InChI is InChI=1S/C12H14N2O3/c1-8-4-5-10(12(15)17-3)11-6-9(7-16-2)13-14(8)11/h4-6H,7H2,1-3H3. The van der Waals surface area contributed by atoms with Crippen molar-refractivity contribution in [3.63, 3.8) is 0 Å². The number of fused-ring (bicyclic) bond motifs is 1. The van der Waals surface area contributed by atoms with Crippen LogP contribution >= 0.6 is 0 Å². The molecule has 5 nitrogen and oxygen atoms in total. The summed E-state index contributed by atoms with van der Waals surface area (Å²) in [5, 5.41) is 4.36. The molecule has 0 saturated carbocycles. The van der Waals surface area contributed by atoms with Gasteiger partial charge in [0.05, 0.1) is 30.5 Å². The van der Waals surface area contributed by atoms with E-state index in [1.807, 2.05) is 19.1 Å². The fraction of sp³-hybridized carbons (Fsp3) is 0.333. The molecule has 17 heavy (non-hydrogen) atoms. The third-order valence-corrected chi connectivity index (χ3v) is 2.56. The summed E-state index contributed by atoms with van der Waals surface area (Å²) in [5.74, 6) is -0.362. The molecule has 0 radical (unpaired) electrons. The molecule has 0 atom stereocenters. The molecule has 2 aromatic heterocycles. The quantitative estimate of drug-likeness (QED) is 0.756. The van der Waals surface area contributed by atoms with Gasteiger partial charge in [0, 0.05) is 12.8 Å². The van der Waals surface area contributed by atoms with Crippen molar-refractivity contribution in [2.75, 3.05) is 14.2 Å². The van der Waals surface area contributed by atoms with Crippen molar-refractivity contribution >= 4 is 11.5 Å². The van der Waals surface area contributed by atoms with Crippen LogP contribution in [0, 0.1) is 6.92 Å². The van der Waals surface area contributed by atoms with Crippen LogP contribution in [0.15, 0.2) is 18.2 Å². The minimum atomic E-state index is -0.362. The summed E-state index contributed by atoms with van der Waals surface area (Å²) in [7, 11) is 2.98. The summed E-state index contributed by atoms with van der Waals surface area (Å²) < 4.78 is 11.5. The molecule has 0 aliphatic heterocycles. The Hall–Kier alpha value is -1.88. The Labute approximate surface area is 99.0 Å². The fourth-order valence-corrected chi connectivity index (χ4v) is 1.75. The van der Waals surface area contributed by atoms with Gasteiger partial charge in [-0.3, -0.25) is 0 Å². The van der Waals surface area contributed by atoms with Crippen molar-refractivity contribution in [1.82, 2.24) is 9.61 Å². The minimum absolute atomic E-state index is 0.362. The first-order valence-corrected chi connectivity index (χ1v) is 5.23. The van der Waals surface area contributed by atoms with Crippen LogP contribution in [-0.4, -0.2) is 29.8 Å². The number of esters is 1. The number of aromatic nitrogens is 2. The molecule has 0 unspecified atom stereocenters. The molecule has 0 bridgehead atoms. The topological polar surface area (TPSA) is 52.8 Å². The molecule has 90 valence electrons. The maximum atomic E-state index is 11.6. The Morgan fingerprint density at radius 2 is 2.18 bits per heavy atom. The fourth-order valence-electron chi connectivity index (χ4n) is 1.75. The van der Waals surface area contributed by atoms with Crippen molar-refractivity contribution in [3.05, 3.63) is 35.2 Å². The lowest BCUT2D eigenvalue weighted by Crippen LogP contribution is -2.05. The van der Waals surface area contributed by atoms with Crippen LogP contribution in [0.25, 0.3) is 5.52 Å². The average molecular weight is 234 g/mol. The Bertz CT molecular complexity index is 560. The van der Waals surface area contributed by atoms with Gasteiger partial charge in [0.25, 0.3) is 0 Å². The molecule has 2 aromatic rings. The predicted octanol–water partition coefficient (Wildman–Crippen LogP) is 1.58. The second-order valence-corrected chi connectivity index (χ2v) is 3.75. The number of pyridine rings is 1. The van der Waals surface area contributed by atoms with Gasteiger partial charge in [-0.15, -0.1) is 0 Å². The third kappa shape index (κ3) is 2.01. The lowest BCUT2D eigenvalue weighted by molar-refractivity contribution is 0.0602. The van der Waals surface area contributed by atoms with E-state index in [4.69, 9.17) is 9.47 Å². The molecule has 5 heteroatoms. The van der Waals surface area contributed by atoms with Gasteiger partial charge in [-0.1, -0.05) is 0 Å². The van der Waals surface area contributed by atoms with Gasteiger partial charge in [-0.25, -0.2) is 9.31 Å². The molecule has 0 amide bonds. The molecule has 0 N–H and O–H groups in total. The van der Waals surface area contributed by atoms with Crippen LogP contribution in [0.4, 0.5) is 0 Å². The Morgan fingerprint density at radius 1 is 1.41 bits per heavy atom. The Morgan fingerprint density at radius 3 is 2.82 bits per heavy atom. The summed E-state index contributed by atoms with van der Waals surface area (Å²) in [5.41, 5.74) is 2.99. The van der Waals surface area contributed by atoms with Gasteiger partial charge in [0.15, 0.2) is 0 Å². The molecule has 0 fully saturated rings. The second-order valence-electron chi connectivity index (χ2n) is 3.75. The van der Waals surface area contributed by atoms with Gasteiger partial charge in [0.1, 0.15) is 0 Å². The molecular weight excluding hydrogens is 220 g/mol. The van der Waals surface area contributed by atoms with Gasteiger partial charge in [-0.2, -0.15) is 5.10 Å². The number of carbonyl (C=O) groups excluding carboxylic acids is 1. The van der Waals surface area contributed by atoms with E-state index in [9.17, 15) is 4.79 Å². The zero-order valence-electron chi connectivity index (χ0n) is 10.1. The van der Waals surface area contributed by atoms with Gasteiger partial charge in [0.2, 0.25) is 0 Å². The number of hydrogen-bond donors (Lipinski definition) is 0. The number of rotatable bonds is 3. The highest BCUT2D eigenvalue weighted by Crippen LogP contribution is 2.16. The predicted molar refractivity (Wildman–Crippen MR) is 62.0 cm³/mol. The van der Waals surface area contributed by atoms with E-state index >= 15 is 0 Å². The maximum absolute atomic E-state index is 11.6. The van der Waals surface area contributed by atoms with Crippen molar-refractivity contribution in [1.29, 1.82) is 0 Å². The normalized spacial score (nSPS) is 10.8. The number of ether oxygens (including phenoxy) is 2. The van der Waals surface area contributed by atoms with Crippen LogP contribution < -0.4 is 0 Å². The minimum Gasteiger partial charge on any atom is -0.465 e. The number of hydrogen-bond acceptors (Lipinski definition) is 4. The Balaban J connectivity index is 2.62. The van der Waals surface area contributed by atoms with E-state index in [1.165, 1.54) is 7.11 Å². The zero-order valence-corrected chi connectivity index (χ0v) is 10.1. The molecule has 2 heterocycles. The van der Waals surface area contributed by atoms with E-state index in [-0.39, 0.29) is 5.97 Å². The zero-order chi connectivity index (χ0) is 12.4. The van der Waals surface area contributed by atoms with E-state index in [1.54, 1.807) is 17.7 Å². The van der Waals surface area contributed by atoms with E-state index in [0.29, 0.717) is 12.2 Å². The number of carbonyl (C=O) groups is 1. The Kier molecular flexibility index (Phi) is 3.10. The molecule has 0 aliphatic rings. The largest absolute Gasteiger partial charge is 0.465 e. The highest BCUT2D eigenvalue weighted by Gasteiger charge is 2.14. The SMILES string of the molecule is COCc1cc2c(C(=O)OC)ccc(C)n2n1. The summed E-state index contributed by atoms with van der Waals surface area (Å²) in [6.07, 6.45) is 0. The molecule has 0 aromatic carbocycles. The molecule has 2 rings (SSSR count). The van der Waals surface area contributed by atoms with Crippen molar-refractivity contribution in [2.24, 2.45) is 0 Å². The first-order chi connectivity index (χ1) is 8.17. The number of nitrogens with zero attached hydrogens (tertiary/aromatic N) is 2. The first kappa shape index (κ1) is 11.6. The summed E-state index contributed by atoms with van der Waals surface area (Å²) in [4.78, 5) is 11.6. The third-order valence-electron chi connectivity index (χ3n) is 2.56. The smallest absolute Gasteiger partial charge is 0.340 e. The monoisotopic (exact) mass is 234 g/mol. The van der Waals surface area contributed by atoms with E-state index in [2.05, 4.69) is 5.10 Å². The molecule has 0 spiro atoms. The van der Waals surface area contributed by atoms with Crippen molar-refractivity contribution in [2.45, 2.75) is 13.5 Å². The summed E-state index contributed by atoms with van der Waals surface area (Å²) >= 11 is 0. The second kappa shape index (κ2) is 4.55. The van der Waals surface area contributed by atoms with Crippen molar-refractivity contribution in [3.8, 4) is 0 Å². The van der Waals surface area contributed by atoms with E-state index < -0.39 is 0 Å². The molecular formula is C12H14N2O3. The number of aryl methyl sites for hydroxylation is 1. The van der Waals surface area contributed by atoms with E-state index in [0.717, 1.165) is 16.9 Å². The van der Waals surface area contributed by atoms with Crippen LogP contribution in [0.3, 0.4) is 0 Å². The molecule has 0 aliphatic carbocycles. The van der Waals surface area contributed by atoms with Crippen LogP contribution in [-0.2, 0) is 16.1 Å². The van der Waals surface area contributed by atoms with Gasteiger partial charge in [-0.05, 0) is 25.1 Å². The van der Waals surface area contributed by atoms with Gasteiger partial charge >= 0.3 is 5.97 Å². The van der Waals surface area contributed by atoms with Crippen LogP contribution in [0.2, 0.25) is 0 Å². The average Bonchev–Trinajstić information content (AvgIpc) is 2.74.